The zero-order chi connectivity index (χ0) is 11.8. The van der Waals surface area contributed by atoms with E-state index in [1.54, 1.807) is 0 Å². The Hall–Kier alpha value is -1.22. The minimum absolute atomic E-state index is 0.557. The first kappa shape index (κ1) is 12.8. The maximum Gasteiger partial charge on any atom is 0.142 e. The molecule has 0 fully saturated rings. The molecule has 16 heavy (non-hydrogen) atoms. The third kappa shape index (κ3) is 4.53. The molecule has 0 amide bonds. The number of nitrogens with two attached hydrogens (primary N) is 1. The number of nitrogens with one attached hydrogen (secondary N) is 1. The summed E-state index contributed by atoms with van der Waals surface area (Å²) in [4.78, 5) is 0. The Morgan fingerprint density at radius 1 is 1.38 bits per heavy atom. The Kier molecular flexibility index (Phi) is 5.72. The molecule has 3 nitrogen and oxygen atoms in total. The fourth-order valence-corrected chi connectivity index (χ4v) is 1.61. The van der Waals surface area contributed by atoms with Gasteiger partial charge in [0, 0.05) is 12.6 Å². The van der Waals surface area contributed by atoms with Crippen LogP contribution in [0.5, 0.6) is 5.75 Å². The Labute approximate surface area is 98.0 Å². The molecule has 0 saturated carbocycles. The van der Waals surface area contributed by atoms with Crippen molar-refractivity contribution in [3.8, 4) is 5.75 Å². The van der Waals surface area contributed by atoms with E-state index >= 15 is 0 Å². The molecular weight excluding hydrogens is 200 g/mol. The number of benzene rings is 1. The minimum atomic E-state index is 0.557. The van der Waals surface area contributed by atoms with Gasteiger partial charge >= 0.3 is 0 Å². The van der Waals surface area contributed by atoms with Crippen molar-refractivity contribution in [3.05, 3.63) is 24.3 Å². The van der Waals surface area contributed by atoms with Gasteiger partial charge in [0.2, 0.25) is 0 Å². The lowest BCUT2D eigenvalue weighted by molar-refractivity contribution is 0.306. The molecule has 0 aliphatic heterocycles. The standard InChI is InChI=1S/C13H22N2O/c1-3-6-11(2)15-9-10-16-13-8-5-4-7-12(13)14/h4-5,7-8,11,15H,3,6,9-10,14H2,1-2H3. The smallest absolute Gasteiger partial charge is 0.142 e. The summed E-state index contributed by atoms with van der Waals surface area (Å²) in [5.41, 5.74) is 6.46. The van der Waals surface area contributed by atoms with Crippen LogP contribution in [-0.4, -0.2) is 19.2 Å². The van der Waals surface area contributed by atoms with Crippen LogP contribution in [0, 0.1) is 0 Å². The monoisotopic (exact) mass is 222 g/mol. The quantitative estimate of drug-likeness (QED) is 0.550. The van der Waals surface area contributed by atoms with E-state index in [-0.39, 0.29) is 0 Å². The van der Waals surface area contributed by atoms with Gasteiger partial charge in [0.15, 0.2) is 0 Å². The van der Waals surface area contributed by atoms with Crippen LogP contribution in [0.25, 0.3) is 0 Å². The van der Waals surface area contributed by atoms with E-state index in [0.29, 0.717) is 18.3 Å². The van der Waals surface area contributed by atoms with Crippen LogP contribution in [0.2, 0.25) is 0 Å². The van der Waals surface area contributed by atoms with Crippen LogP contribution in [0.15, 0.2) is 24.3 Å². The first-order valence-electron chi connectivity index (χ1n) is 5.94. The van der Waals surface area contributed by atoms with Gasteiger partial charge in [-0.2, -0.15) is 0 Å². The lowest BCUT2D eigenvalue weighted by Crippen LogP contribution is -2.30. The normalized spacial score (nSPS) is 12.4. The molecule has 1 aromatic rings. The summed E-state index contributed by atoms with van der Waals surface area (Å²) < 4.78 is 5.58. The summed E-state index contributed by atoms with van der Waals surface area (Å²) in [5.74, 6) is 0.771. The maximum atomic E-state index is 5.76. The van der Waals surface area contributed by atoms with Crippen molar-refractivity contribution >= 4 is 5.69 Å². The summed E-state index contributed by atoms with van der Waals surface area (Å²) in [6, 6.07) is 8.14. The summed E-state index contributed by atoms with van der Waals surface area (Å²) in [5, 5.41) is 3.41. The van der Waals surface area contributed by atoms with Crippen molar-refractivity contribution in [1.29, 1.82) is 0 Å². The number of ether oxygens (including phenoxy) is 1. The summed E-state index contributed by atoms with van der Waals surface area (Å²) >= 11 is 0. The van der Waals surface area contributed by atoms with Crippen molar-refractivity contribution in [1.82, 2.24) is 5.32 Å². The van der Waals surface area contributed by atoms with Crippen LogP contribution >= 0.6 is 0 Å². The molecule has 1 rings (SSSR count). The lowest BCUT2D eigenvalue weighted by Gasteiger charge is -2.13. The molecular formula is C13H22N2O. The third-order valence-electron chi connectivity index (χ3n) is 2.49. The fraction of sp³-hybridized carbons (Fsp3) is 0.538. The van der Waals surface area contributed by atoms with Crippen LogP contribution in [-0.2, 0) is 0 Å². The largest absolute Gasteiger partial charge is 0.490 e. The topological polar surface area (TPSA) is 47.3 Å². The highest BCUT2D eigenvalue weighted by Crippen LogP contribution is 2.19. The second kappa shape index (κ2) is 7.12. The average Bonchev–Trinajstić information content (AvgIpc) is 2.27. The number of nitrogen functional groups attached to an aromatic ring is 1. The van der Waals surface area contributed by atoms with E-state index in [0.717, 1.165) is 12.3 Å². The molecule has 1 atom stereocenters. The van der Waals surface area contributed by atoms with Gasteiger partial charge in [-0.1, -0.05) is 25.5 Å². The fourth-order valence-electron chi connectivity index (χ4n) is 1.61. The molecule has 0 aromatic heterocycles. The molecule has 0 saturated heterocycles. The predicted octanol–water partition coefficient (Wildman–Crippen LogP) is 2.43. The summed E-state index contributed by atoms with van der Waals surface area (Å²) in [6.07, 6.45) is 2.41. The van der Waals surface area contributed by atoms with Gasteiger partial charge in [0.1, 0.15) is 12.4 Å². The van der Waals surface area contributed by atoms with Crippen LogP contribution in [0.1, 0.15) is 26.7 Å². The zero-order valence-corrected chi connectivity index (χ0v) is 10.2. The van der Waals surface area contributed by atoms with Crippen LogP contribution < -0.4 is 15.8 Å². The number of anilines is 1. The molecule has 0 bridgehead atoms. The molecule has 0 aliphatic carbocycles. The Balaban J connectivity index is 2.19. The highest BCUT2D eigenvalue weighted by atomic mass is 16.5. The first-order valence-corrected chi connectivity index (χ1v) is 5.94. The van der Waals surface area contributed by atoms with Gasteiger partial charge in [-0.05, 0) is 25.5 Å². The highest BCUT2D eigenvalue weighted by molar-refractivity contribution is 5.51. The van der Waals surface area contributed by atoms with Gasteiger partial charge < -0.3 is 15.8 Å². The number of para-hydroxylation sites is 2. The Morgan fingerprint density at radius 2 is 2.12 bits per heavy atom. The van der Waals surface area contributed by atoms with E-state index in [9.17, 15) is 0 Å². The highest BCUT2D eigenvalue weighted by Gasteiger charge is 2.00. The van der Waals surface area contributed by atoms with Crippen molar-refractivity contribution in [2.24, 2.45) is 0 Å². The van der Waals surface area contributed by atoms with E-state index in [4.69, 9.17) is 10.5 Å². The SMILES string of the molecule is CCCC(C)NCCOc1ccccc1N. The number of hydrogen-bond donors (Lipinski definition) is 2. The molecule has 3 heteroatoms. The first-order chi connectivity index (χ1) is 7.74. The van der Waals surface area contributed by atoms with E-state index in [1.165, 1.54) is 12.8 Å². The third-order valence-corrected chi connectivity index (χ3v) is 2.49. The van der Waals surface area contributed by atoms with Crippen LogP contribution in [0.3, 0.4) is 0 Å². The molecule has 0 aliphatic rings. The van der Waals surface area contributed by atoms with Gasteiger partial charge in [0.25, 0.3) is 0 Å². The van der Waals surface area contributed by atoms with Crippen molar-refractivity contribution in [3.63, 3.8) is 0 Å². The predicted molar refractivity (Wildman–Crippen MR) is 68.7 cm³/mol. The lowest BCUT2D eigenvalue weighted by atomic mass is 10.2. The molecule has 0 radical (unpaired) electrons. The second-order valence-corrected chi connectivity index (χ2v) is 4.03. The van der Waals surface area contributed by atoms with Crippen molar-refractivity contribution in [2.45, 2.75) is 32.7 Å². The van der Waals surface area contributed by atoms with Crippen LogP contribution in [0.4, 0.5) is 5.69 Å². The van der Waals surface area contributed by atoms with Gasteiger partial charge in [0.05, 0.1) is 5.69 Å². The molecule has 0 spiro atoms. The van der Waals surface area contributed by atoms with Gasteiger partial charge in [-0.25, -0.2) is 0 Å². The number of hydrogen-bond acceptors (Lipinski definition) is 3. The Morgan fingerprint density at radius 3 is 2.81 bits per heavy atom. The van der Waals surface area contributed by atoms with Crippen molar-refractivity contribution < 1.29 is 4.74 Å². The van der Waals surface area contributed by atoms with Gasteiger partial charge in [-0.15, -0.1) is 0 Å². The Bertz CT molecular complexity index is 302. The molecule has 3 N–H and O–H groups in total. The number of rotatable bonds is 7. The zero-order valence-electron chi connectivity index (χ0n) is 10.2. The minimum Gasteiger partial charge on any atom is -0.490 e. The summed E-state index contributed by atoms with van der Waals surface area (Å²) in [6.45, 7) is 5.90. The molecule has 0 heterocycles. The second-order valence-electron chi connectivity index (χ2n) is 4.03. The van der Waals surface area contributed by atoms with E-state index in [1.807, 2.05) is 24.3 Å². The van der Waals surface area contributed by atoms with E-state index < -0.39 is 0 Å². The molecule has 1 unspecified atom stereocenters. The van der Waals surface area contributed by atoms with Crippen molar-refractivity contribution in [2.75, 3.05) is 18.9 Å². The summed E-state index contributed by atoms with van der Waals surface area (Å²) in [7, 11) is 0. The average molecular weight is 222 g/mol. The van der Waals surface area contributed by atoms with Gasteiger partial charge in [-0.3, -0.25) is 0 Å². The van der Waals surface area contributed by atoms with E-state index in [2.05, 4.69) is 19.2 Å². The molecule has 90 valence electrons. The molecule has 1 aromatic carbocycles. The maximum absolute atomic E-state index is 5.76.